The van der Waals surface area contributed by atoms with E-state index in [9.17, 15) is 14.4 Å². The lowest BCUT2D eigenvalue weighted by molar-refractivity contribution is -0.134. The van der Waals surface area contributed by atoms with Gasteiger partial charge in [-0.3, -0.25) is 9.59 Å². The van der Waals surface area contributed by atoms with Crippen LogP contribution in [0.5, 0.6) is 11.5 Å². The monoisotopic (exact) mass is 343 g/mol. The zero-order valence-corrected chi connectivity index (χ0v) is 13.7. The number of carboxylic acid groups (broad SMARTS) is 1. The fourth-order valence-electron chi connectivity index (χ4n) is 2.06. The lowest BCUT2D eigenvalue weighted by Crippen LogP contribution is -2.15. The number of amides is 1. The van der Waals surface area contributed by atoms with Crippen molar-refractivity contribution in [1.29, 1.82) is 0 Å². The van der Waals surface area contributed by atoms with Crippen molar-refractivity contribution in [3.8, 4) is 11.5 Å². The van der Waals surface area contributed by atoms with Crippen molar-refractivity contribution in [2.45, 2.75) is 13.3 Å². The summed E-state index contributed by atoms with van der Waals surface area (Å²) in [7, 11) is 1.39. The standard InChI is InChI=1S/C18H17NO6/c1-3-16(20)25-14-9-8-11(10-15(14)24-2)17(21)19-13-7-5-4-6-12(13)18(22)23/h4-10H,3H2,1-2H3,(H,19,21)(H,22,23). The summed E-state index contributed by atoms with van der Waals surface area (Å²) in [6.45, 7) is 1.66. The van der Waals surface area contributed by atoms with E-state index in [4.69, 9.17) is 14.6 Å². The Kier molecular flexibility index (Phi) is 5.73. The SMILES string of the molecule is CCC(=O)Oc1ccc(C(=O)Nc2ccccc2C(=O)O)cc1OC. The van der Waals surface area contributed by atoms with Gasteiger partial charge in [0.2, 0.25) is 0 Å². The number of esters is 1. The molecule has 1 amide bonds. The van der Waals surface area contributed by atoms with E-state index < -0.39 is 17.8 Å². The third-order valence-corrected chi connectivity index (χ3v) is 3.34. The van der Waals surface area contributed by atoms with Crippen LogP contribution in [-0.2, 0) is 4.79 Å². The molecule has 130 valence electrons. The van der Waals surface area contributed by atoms with Crippen LogP contribution in [0.3, 0.4) is 0 Å². The highest BCUT2D eigenvalue weighted by molar-refractivity contribution is 6.08. The Morgan fingerprint density at radius 2 is 1.80 bits per heavy atom. The van der Waals surface area contributed by atoms with Gasteiger partial charge in [-0.15, -0.1) is 0 Å². The Morgan fingerprint density at radius 3 is 2.44 bits per heavy atom. The van der Waals surface area contributed by atoms with E-state index in [1.54, 1.807) is 19.1 Å². The normalized spacial score (nSPS) is 10.0. The van der Waals surface area contributed by atoms with Crippen LogP contribution in [0.25, 0.3) is 0 Å². The highest BCUT2D eigenvalue weighted by atomic mass is 16.6. The second kappa shape index (κ2) is 7.96. The average molecular weight is 343 g/mol. The van der Waals surface area contributed by atoms with Crippen molar-refractivity contribution < 1.29 is 29.0 Å². The maximum absolute atomic E-state index is 12.4. The molecule has 25 heavy (non-hydrogen) atoms. The van der Waals surface area contributed by atoms with Gasteiger partial charge in [0, 0.05) is 12.0 Å². The number of hydrogen-bond acceptors (Lipinski definition) is 5. The number of methoxy groups -OCH3 is 1. The van der Waals surface area contributed by atoms with E-state index in [1.807, 2.05) is 0 Å². The lowest BCUT2D eigenvalue weighted by Gasteiger charge is -2.12. The minimum atomic E-state index is -1.14. The molecule has 0 spiro atoms. The summed E-state index contributed by atoms with van der Waals surface area (Å²) >= 11 is 0. The summed E-state index contributed by atoms with van der Waals surface area (Å²) in [4.78, 5) is 35.0. The van der Waals surface area contributed by atoms with E-state index in [1.165, 1.54) is 37.4 Å². The minimum absolute atomic E-state index is 0.0173. The van der Waals surface area contributed by atoms with Gasteiger partial charge in [0.25, 0.3) is 5.91 Å². The van der Waals surface area contributed by atoms with E-state index in [-0.39, 0.29) is 34.7 Å². The van der Waals surface area contributed by atoms with Crippen LogP contribution in [0, 0.1) is 0 Å². The Hall–Kier alpha value is -3.35. The summed E-state index contributed by atoms with van der Waals surface area (Å²) in [5, 5.41) is 11.7. The molecule has 2 aromatic carbocycles. The lowest BCUT2D eigenvalue weighted by atomic mass is 10.1. The summed E-state index contributed by atoms with van der Waals surface area (Å²) in [6.07, 6.45) is 0.206. The molecule has 7 nitrogen and oxygen atoms in total. The Labute approximate surface area is 144 Å². The predicted molar refractivity (Wildman–Crippen MR) is 90.3 cm³/mol. The van der Waals surface area contributed by atoms with Gasteiger partial charge in [0.15, 0.2) is 11.5 Å². The number of nitrogens with one attached hydrogen (secondary N) is 1. The molecule has 0 atom stereocenters. The molecule has 0 unspecified atom stereocenters. The number of carbonyl (C=O) groups is 3. The minimum Gasteiger partial charge on any atom is -0.493 e. The van der Waals surface area contributed by atoms with Crippen LogP contribution in [0.2, 0.25) is 0 Å². The number of rotatable bonds is 6. The van der Waals surface area contributed by atoms with Crippen molar-refractivity contribution in [1.82, 2.24) is 0 Å². The molecule has 0 aliphatic carbocycles. The molecule has 0 aromatic heterocycles. The Morgan fingerprint density at radius 1 is 1.08 bits per heavy atom. The van der Waals surface area contributed by atoms with Crippen molar-refractivity contribution in [2.24, 2.45) is 0 Å². The highest BCUT2D eigenvalue weighted by Gasteiger charge is 2.16. The van der Waals surface area contributed by atoms with Crippen LogP contribution in [0.4, 0.5) is 5.69 Å². The van der Waals surface area contributed by atoms with E-state index in [0.717, 1.165) is 0 Å². The number of carboxylic acids is 1. The maximum atomic E-state index is 12.4. The van der Waals surface area contributed by atoms with Gasteiger partial charge in [-0.05, 0) is 30.3 Å². The van der Waals surface area contributed by atoms with Crippen molar-refractivity contribution in [3.63, 3.8) is 0 Å². The van der Waals surface area contributed by atoms with Gasteiger partial charge in [-0.1, -0.05) is 19.1 Å². The van der Waals surface area contributed by atoms with Gasteiger partial charge >= 0.3 is 11.9 Å². The first-order valence-corrected chi connectivity index (χ1v) is 7.48. The zero-order valence-electron chi connectivity index (χ0n) is 13.7. The van der Waals surface area contributed by atoms with Gasteiger partial charge < -0.3 is 19.9 Å². The van der Waals surface area contributed by atoms with E-state index in [0.29, 0.717) is 0 Å². The summed E-state index contributed by atoms with van der Waals surface area (Å²) < 4.78 is 10.3. The van der Waals surface area contributed by atoms with Crippen LogP contribution < -0.4 is 14.8 Å². The highest BCUT2D eigenvalue weighted by Crippen LogP contribution is 2.29. The molecule has 0 aliphatic rings. The quantitative estimate of drug-likeness (QED) is 0.617. The largest absolute Gasteiger partial charge is 0.493 e. The molecule has 2 N–H and O–H groups in total. The third-order valence-electron chi connectivity index (χ3n) is 3.34. The number of benzene rings is 2. The first-order chi connectivity index (χ1) is 12.0. The van der Waals surface area contributed by atoms with Crippen LogP contribution >= 0.6 is 0 Å². The molecule has 0 saturated heterocycles. The number of carbonyl (C=O) groups excluding carboxylic acids is 2. The molecule has 7 heteroatoms. The Bertz CT molecular complexity index is 815. The number of aromatic carboxylic acids is 1. The van der Waals surface area contributed by atoms with Crippen molar-refractivity contribution >= 4 is 23.5 Å². The molecule has 0 aliphatic heterocycles. The molecular formula is C18H17NO6. The number of hydrogen-bond donors (Lipinski definition) is 2. The molecular weight excluding hydrogens is 326 g/mol. The first kappa shape index (κ1) is 18.0. The second-order valence-corrected chi connectivity index (χ2v) is 5.00. The predicted octanol–water partition coefficient (Wildman–Crippen LogP) is 2.96. The molecule has 2 rings (SSSR count). The molecule has 0 radical (unpaired) electrons. The molecule has 0 fully saturated rings. The van der Waals surface area contributed by atoms with Crippen molar-refractivity contribution in [3.05, 3.63) is 53.6 Å². The molecule has 2 aromatic rings. The topological polar surface area (TPSA) is 102 Å². The smallest absolute Gasteiger partial charge is 0.337 e. The Balaban J connectivity index is 2.25. The van der Waals surface area contributed by atoms with Gasteiger partial charge in [0.05, 0.1) is 18.4 Å². The van der Waals surface area contributed by atoms with E-state index >= 15 is 0 Å². The summed E-state index contributed by atoms with van der Waals surface area (Å²) in [6, 6.07) is 10.4. The van der Waals surface area contributed by atoms with Crippen LogP contribution in [-0.4, -0.2) is 30.1 Å². The molecule has 0 bridgehead atoms. The van der Waals surface area contributed by atoms with Crippen molar-refractivity contribution in [2.75, 3.05) is 12.4 Å². The molecule has 0 heterocycles. The number of anilines is 1. The number of para-hydroxylation sites is 1. The zero-order chi connectivity index (χ0) is 18.4. The second-order valence-electron chi connectivity index (χ2n) is 5.00. The van der Waals surface area contributed by atoms with Gasteiger partial charge in [-0.2, -0.15) is 0 Å². The third kappa shape index (κ3) is 4.35. The first-order valence-electron chi connectivity index (χ1n) is 7.48. The average Bonchev–Trinajstić information content (AvgIpc) is 2.62. The van der Waals surface area contributed by atoms with Crippen LogP contribution in [0.1, 0.15) is 34.1 Å². The van der Waals surface area contributed by atoms with Crippen LogP contribution in [0.15, 0.2) is 42.5 Å². The van der Waals surface area contributed by atoms with Gasteiger partial charge in [0.1, 0.15) is 0 Å². The number of ether oxygens (including phenoxy) is 2. The molecule has 0 saturated carbocycles. The summed E-state index contributed by atoms with van der Waals surface area (Å²) in [5.74, 6) is -1.65. The summed E-state index contributed by atoms with van der Waals surface area (Å²) in [5.41, 5.74) is 0.394. The fraction of sp³-hybridized carbons (Fsp3) is 0.167. The van der Waals surface area contributed by atoms with Gasteiger partial charge in [-0.25, -0.2) is 4.79 Å². The van der Waals surface area contributed by atoms with E-state index in [2.05, 4.69) is 5.32 Å². The fourth-order valence-corrected chi connectivity index (χ4v) is 2.06. The maximum Gasteiger partial charge on any atom is 0.337 e.